The number of rotatable bonds is 8. The van der Waals surface area contributed by atoms with Crippen LogP contribution in [0.3, 0.4) is 0 Å². The molecule has 1 fully saturated rings. The first-order chi connectivity index (χ1) is 14.3. The quantitative estimate of drug-likeness (QED) is 0.594. The first-order valence-corrected chi connectivity index (χ1v) is 10.2. The first-order valence-electron chi connectivity index (χ1n) is 10.2. The van der Waals surface area contributed by atoms with E-state index < -0.39 is 17.5 Å². The third-order valence-electron chi connectivity index (χ3n) is 5.05. The minimum atomic E-state index is -1.19. The van der Waals surface area contributed by atoms with Crippen LogP contribution in [0, 0.1) is 11.7 Å². The number of carbonyl (C=O) groups is 1. The summed E-state index contributed by atoms with van der Waals surface area (Å²) in [6, 6.07) is 9.46. The predicted octanol–water partition coefficient (Wildman–Crippen LogP) is 4.42. The van der Waals surface area contributed by atoms with Gasteiger partial charge in [0.25, 0.3) is 0 Å². The van der Waals surface area contributed by atoms with Crippen molar-refractivity contribution in [1.29, 1.82) is 0 Å². The van der Waals surface area contributed by atoms with Crippen molar-refractivity contribution < 1.29 is 23.0 Å². The average molecular weight is 418 g/mol. The van der Waals surface area contributed by atoms with Crippen LogP contribution in [0.25, 0.3) is 0 Å². The topological polar surface area (TPSA) is 51.7 Å². The number of ether oxygens (including phenoxy) is 2. The lowest BCUT2D eigenvalue weighted by Gasteiger charge is -2.34. The third-order valence-corrected chi connectivity index (χ3v) is 5.05. The summed E-state index contributed by atoms with van der Waals surface area (Å²) in [6.07, 6.45) is 3.36. The van der Waals surface area contributed by atoms with Gasteiger partial charge < -0.3 is 14.4 Å². The van der Waals surface area contributed by atoms with Crippen molar-refractivity contribution >= 4 is 5.97 Å². The second-order valence-electron chi connectivity index (χ2n) is 8.29. The van der Waals surface area contributed by atoms with E-state index in [2.05, 4.69) is 9.88 Å². The molecule has 7 heteroatoms. The molecule has 30 heavy (non-hydrogen) atoms. The van der Waals surface area contributed by atoms with Crippen molar-refractivity contribution in [3.05, 3.63) is 59.7 Å². The molecular formula is C23H28F2N2O3. The van der Waals surface area contributed by atoms with Gasteiger partial charge in [-0.3, -0.25) is 0 Å². The number of aromatic nitrogens is 1. The summed E-state index contributed by atoms with van der Waals surface area (Å²) in [7, 11) is 0. The maximum atomic E-state index is 14.3. The second-order valence-corrected chi connectivity index (χ2v) is 8.29. The summed E-state index contributed by atoms with van der Waals surface area (Å²) in [6.45, 7) is 5.65. The van der Waals surface area contributed by atoms with E-state index in [0.717, 1.165) is 25.9 Å². The van der Waals surface area contributed by atoms with E-state index in [-0.39, 0.29) is 17.9 Å². The Labute approximate surface area is 176 Å². The molecule has 0 spiro atoms. The van der Waals surface area contributed by atoms with Crippen LogP contribution in [0.4, 0.5) is 8.78 Å². The Morgan fingerprint density at radius 2 is 2.00 bits per heavy atom. The Morgan fingerprint density at radius 1 is 1.23 bits per heavy atom. The maximum Gasteiger partial charge on any atom is 0.357 e. The molecule has 0 N–H and O–H groups in total. The van der Waals surface area contributed by atoms with Gasteiger partial charge in [0, 0.05) is 24.4 Å². The lowest BCUT2D eigenvalue weighted by Crippen LogP contribution is -2.41. The molecule has 0 amide bonds. The zero-order chi connectivity index (χ0) is 21.6. The molecule has 0 radical (unpaired) electrons. The van der Waals surface area contributed by atoms with Crippen LogP contribution in [0.5, 0.6) is 5.75 Å². The molecule has 2 aromatic rings. The highest BCUT2D eigenvalue weighted by atomic mass is 19.1. The average Bonchev–Trinajstić information content (AvgIpc) is 2.72. The van der Waals surface area contributed by atoms with Gasteiger partial charge in [-0.05, 0) is 70.0 Å². The monoisotopic (exact) mass is 418 g/mol. The molecule has 1 saturated heterocycles. The van der Waals surface area contributed by atoms with Crippen LogP contribution in [-0.2, 0) is 11.3 Å². The minimum absolute atomic E-state index is 0.176. The summed E-state index contributed by atoms with van der Waals surface area (Å²) >= 11 is 0. The molecule has 1 aliphatic heterocycles. The van der Waals surface area contributed by atoms with E-state index in [1.807, 2.05) is 0 Å². The number of hydrogen-bond acceptors (Lipinski definition) is 5. The Kier molecular flexibility index (Phi) is 7.37. The van der Waals surface area contributed by atoms with Gasteiger partial charge in [-0.25, -0.2) is 18.6 Å². The van der Waals surface area contributed by atoms with Crippen LogP contribution >= 0.6 is 0 Å². The van der Waals surface area contributed by atoms with Crippen molar-refractivity contribution in [3.63, 3.8) is 0 Å². The standard InChI is InChI=1S/C23H28F2N2O3/c1-23(2,25)16-27-11-8-17(9-12-27)14-29-19-7-6-18(20(24)13-19)15-30-22(28)21-5-3-4-10-26-21/h3-7,10,13,17H,8-9,11-12,14-16H2,1-2H3. The summed E-state index contributed by atoms with van der Waals surface area (Å²) in [5, 5.41) is 0. The Bertz CT molecular complexity index is 832. The van der Waals surface area contributed by atoms with Crippen molar-refractivity contribution in [3.8, 4) is 5.75 Å². The Morgan fingerprint density at radius 3 is 2.63 bits per heavy atom. The number of piperidine rings is 1. The number of benzene rings is 1. The molecule has 5 nitrogen and oxygen atoms in total. The summed E-state index contributed by atoms with van der Waals surface area (Å²) in [5.41, 5.74) is -0.734. The van der Waals surface area contributed by atoms with Crippen molar-refractivity contribution in [2.45, 2.75) is 39.0 Å². The number of alkyl halides is 1. The number of carbonyl (C=O) groups excluding carboxylic acids is 1. The highest BCUT2D eigenvalue weighted by Gasteiger charge is 2.25. The van der Waals surface area contributed by atoms with Crippen LogP contribution < -0.4 is 4.74 Å². The molecule has 1 aliphatic rings. The molecule has 0 atom stereocenters. The lowest BCUT2D eigenvalue weighted by molar-refractivity contribution is 0.0462. The molecular weight excluding hydrogens is 390 g/mol. The largest absolute Gasteiger partial charge is 0.493 e. The van der Waals surface area contributed by atoms with E-state index in [1.54, 1.807) is 44.2 Å². The van der Waals surface area contributed by atoms with Gasteiger partial charge in [0.2, 0.25) is 0 Å². The van der Waals surface area contributed by atoms with Crippen LogP contribution in [0.15, 0.2) is 42.6 Å². The smallest absolute Gasteiger partial charge is 0.357 e. The van der Waals surface area contributed by atoms with Gasteiger partial charge in [0.15, 0.2) is 0 Å². The molecule has 3 rings (SSSR count). The van der Waals surface area contributed by atoms with Crippen molar-refractivity contribution in [2.75, 3.05) is 26.2 Å². The summed E-state index contributed by atoms with van der Waals surface area (Å²) in [4.78, 5) is 18.0. The number of pyridine rings is 1. The normalized spacial score (nSPS) is 15.7. The van der Waals surface area contributed by atoms with E-state index >= 15 is 0 Å². The minimum Gasteiger partial charge on any atom is -0.493 e. The molecule has 0 aliphatic carbocycles. The molecule has 2 heterocycles. The number of nitrogens with zero attached hydrogens (tertiary/aromatic N) is 2. The van der Waals surface area contributed by atoms with Crippen molar-refractivity contribution in [2.24, 2.45) is 5.92 Å². The van der Waals surface area contributed by atoms with Gasteiger partial charge >= 0.3 is 5.97 Å². The van der Waals surface area contributed by atoms with Crippen LogP contribution in [-0.4, -0.2) is 47.8 Å². The highest BCUT2D eigenvalue weighted by Crippen LogP contribution is 2.23. The van der Waals surface area contributed by atoms with Gasteiger partial charge in [-0.1, -0.05) is 6.07 Å². The zero-order valence-corrected chi connectivity index (χ0v) is 17.4. The molecule has 0 saturated carbocycles. The Hall–Kier alpha value is -2.54. The number of likely N-dealkylation sites (tertiary alicyclic amines) is 1. The maximum absolute atomic E-state index is 14.3. The Balaban J connectivity index is 1.44. The molecule has 1 aromatic carbocycles. The van der Waals surface area contributed by atoms with E-state index in [4.69, 9.17) is 9.47 Å². The van der Waals surface area contributed by atoms with Crippen LogP contribution in [0.1, 0.15) is 42.7 Å². The molecule has 162 valence electrons. The second kappa shape index (κ2) is 9.98. The molecule has 0 unspecified atom stereocenters. The van der Waals surface area contributed by atoms with E-state index in [9.17, 15) is 13.6 Å². The van der Waals surface area contributed by atoms with Gasteiger partial charge in [-0.2, -0.15) is 0 Å². The lowest BCUT2D eigenvalue weighted by atomic mass is 9.97. The fourth-order valence-electron chi connectivity index (χ4n) is 3.49. The van der Waals surface area contributed by atoms with E-state index in [0.29, 0.717) is 24.8 Å². The summed E-state index contributed by atoms with van der Waals surface area (Å²) < 4.78 is 39.0. The number of halogens is 2. The van der Waals surface area contributed by atoms with Crippen molar-refractivity contribution in [1.82, 2.24) is 9.88 Å². The molecule has 0 bridgehead atoms. The fourth-order valence-corrected chi connectivity index (χ4v) is 3.49. The zero-order valence-electron chi connectivity index (χ0n) is 17.4. The predicted molar refractivity (Wildman–Crippen MR) is 110 cm³/mol. The van der Waals surface area contributed by atoms with Gasteiger partial charge in [-0.15, -0.1) is 0 Å². The third kappa shape index (κ3) is 6.76. The first kappa shape index (κ1) is 22.2. The number of esters is 1. The summed E-state index contributed by atoms with van der Waals surface area (Å²) in [5.74, 6) is -0.273. The SMILES string of the molecule is CC(C)(F)CN1CCC(COc2ccc(COC(=O)c3ccccn3)c(F)c2)CC1. The van der Waals surface area contributed by atoms with E-state index in [1.165, 1.54) is 12.3 Å². The van der Waals surface area contributed by atoms with Gasteiger partial charge in [0.1, 0.15) is 29.5 Å². The molecule has 1 aromatic heterocycles. The fraction of sp³-hybridized carbons (Fsp3) is 0.478. The highest BCUT2D eigenvalue weighted by molar-refractivity contribution is 5.87. The van der Waals surface area contributed by atoms with Gasteiger partial charge in [0.05, 0.1) is 6.61 Å². The van der Waals surface area contributed by atoms with Crippen LogP contribution in [0.2, 0.25) is 0 Å². The number of hydrogen-bond donors (Lipinski definition) is 0.